The fraction of sp³-hybridized carbons (Fsp3) is 0.500. The molecule has 2 N–H and O–H groups in total. The van der Waals surface area contributed by atoms with Gasteiger partial charge in [-0.15, -0.1) is 0 Å². The van der Waals surface area contributed by atoms with E-state index < -0.39 is 0 Å². The van der Waals surface area contributed by atoms with Crippen LogP contribution in [-0.4, -0.2) is 36.5 Å². The van der Waals surface area contributed by atoms with E-state index in [0.29, 0.717) is 25.4 Å². The largest absolute Gasteiger partial charge is 0.356 e. The minimum atomic E-state index is -0.0751. The summed E-state index contributed by atoms with van der Waals surface area (Å²) in [4.78, 5) is 25.5. The third-order valence-corrected chi connectivity index (χ3v) is 4.34. The SMILES string of the molecule is CCC(=O)NCC1CCCN(C(=O)Nc2ccc(Br)cc2)C1. The Kier molecular flexibility index (Phi) is 6.24. The van der Waals surface area contributed by atoms with Crippen LogP contribution in [0.15, 0.2) is 28.7 Å². The molecule has 1 saturated heterocycles. The molecule has 0 spiro atoms. The van der Waals surface area contributed by atoms with Crippen molar-refractivity contribution < 1.29 is 9.59 Å². The molecular weight excluding hydrogens is 346 g/mol. The molecule has 1 unspecified atom stereocenters. The van der Waals surface area contributed by atoms with E-state index in [0.717, 1.165) is 29.5 Å². The highest BCUT2D eigenvalue weighted by atomic mass is 79.9. The van der Waals surface area contributed by atoms with Crippen LogP contribution < -0.4 is 10.6 Å². The zero-order valence-corrected chi connectivity index (χ0v) is 14.4. The second-order valence-corrected chi connectivity index (χ2v) is 6.46. The summed E-state index contributed by atoms with van der Waals surface area (Å²) in [5.74, 6) is 0.399. The lowest BCUT2D eigenvalue weighted by molar-refractivity contribution is -0.121. The van der Waals surface area contributed by atoms with Gasteiger partial charge in [0.2, 0.25) is 5.91 Å². The lowest BCUT2D eigenvalue weighted by Gasteiger charge is -2.32. The van der Waals surface area contributed by atoms with Crippen molar-refractivity contribution in [2.24, 2.45) is 5.92 Å². The van der Waals surface area contributed by atoms with Gasteiger partial charge < -0.3 is 15.5 Å². The number of nitrogens with one attached hydrogen (secondary N) is 2. The van der Waals surface area contributed by atoms with E-state index in [-0.39, 0.29) is 11.9 Å². The summed E-state index contributed by atoms with van der Waals surface area (Å²) in [6, 6.07) is 7.45. The van der Waals surface area contributed by atoms with Crippen molar-refractivity contribution >= 4 is 33.6 Å². The molecule has 1 atom stereocenters. The molecule has 1 aliphatic heterocycles. The first kappa shape index (κ1) is 16.8. The van der Waals surface area contributed by atoms with Gasteiger partial charge in [-0.2, -0.15) is 0 Å². The molecule has 1 aromatic rings. The second-order valence-electron chi connectivity index (χ2n) is 5.55. The van der Waals surface area contributed by atoms with Gasteiger partial charge in [0.25, 0.3) is 0 Å². The fourth-order valence-electron chi connectivity index (χ4n) is 2.54. The normalized spacial score (nSPS) is 17.9. The van der Waals surface area contributed by atoms with Crippen LogP contribution in [-0.2, 0) is 4.79 Å². The first-order valence-electron chi connectivity index (χ1n) is 7.66. The Hall–Kier alpha value is -1.56. The Balaban J connectivity index is 1.84. The van der Waals surface area contributed by atoms with Gasteiger partial charge in [0.1, 0.15) is 0 Å². The topological polar surface area (TPSA) is 61.4 Å². The van der Waals surface area contributed by atoms with E-state index in [2.05, 4.69) is 26.6 Å². The van der Waals surface area contributed by atoms with Gasteiger partial charge in [0, 0.05) is 36.2 Å². The molecule has 1 heterocycles. The molecule has 0 aromatic heterocycles. The molecule has 6 heteroatoms. The van der Waals surface area contributed by atoms with Crippen LogP contribution in [0.2, 0.25) is 0 Å². The first-order chi connectivity index (χ1) is 10.6. The summed E-state index contributed by atoms with van der Waals surface area (Å²) < 4.78 is 0.982. The highest BCUT2D eigenvalue weighted by Gasteiger charge is 2.23. The summed E-state index contributed by atoms with van der Waals surface area (Å²) in [5.41, 5.74) is 0.787. The maximum atomic E-state index is 12.3. The van der Waals surface area contributed by atoms with Gasteiger partial charge in [0.15, 0.2) is 0 Å². The van der Waals surface area contributed by atoms with Crippen molar-refractivity contribution in [3.8, 4) is 0 Å². The van der Waals surface area contributed by atoms with Gasteiger partial charge >= 0.3 is 6.03 Å². The summed E-state index contributed by atoms with van der Waals surface area (Å²) in [6.07, 6.45) is 2.52. The van der Waals surface area contributed by atoms with E-state index in [4.69, 9.17) is 0 Å². The molecule has 5 nitrogen and oxygen atoms in total. The quantitative estimate of drug-likeness (QED) is 0.857. The summed E-state index contributed by atoms with van der Waals surface area (Å²) in [7, 11) is 0. The average Bonchev–Trinajstić information content (AvgIpc) is 2.55. The average molecular weight is 368 g/mol. The van der Waals surface area contributed by atoms with Gasteiger partial charge in [-0.1, -0.05) is 22.9 Å². The van der Waals surface area contributed by atoms with Crippen LogP contribution in [0.1, 0.15) is 26.2 Å². The van der Waals surface area contributed by atoms with Crippen LogP contribution >= 0.6 is 15.9 Å². The molecule has 0 aliphatic carbocycles. The molecule has 0 radical (unpaired) electrons. The Morgan fingerprint density at radius 3 is 2.73 bits per heavy atom. The summed E-state index contributed by atoms with van der Waals surface area (Å²) in [6.45, 7) is 3.94. The number of piperidine rings is 1. The molecule has 3 amide bonds. The van der Waals surface area contributed by atoms with Crippen molar-refractivity contribution in [3.63, 3.8) is 0 Å². The zero-order valence-electron chi connectivity index (χ0n) is 12.8. The molecular formula is C16H22BrN3O2. The molecule has 2 rings (SSSR count). The first-order valence-corrected chi connectivity index (χ1v) is 8.46. The van der Waals surface area contributed by atoms with Crippen LogP contribution in [0.3, 0.4) is 0 Å². The third-order valence-electron chi connectivity index (χ3n) is 3.81. The lowest BCUT2D eigenvalue weighted by atomic mass is 9.98. The second kappa shape index (κ2) is 8.17. The number of rotatable bonds is 4. The minimum absolute atomic E-state index is 0.0661. The van der Waals surface area contributed by atoms with Gasteiger partial charge in [-0.25, -0.2) is 4.79 Å². The van der Waals surface area contributed by atoms with Crippen molar-refractivity contribution in [2.75, 3.05) is 25.0 Å². The summed E-state index contributed by atoms with van der Waals surface area (Å²) >= 11 is 3.37. The standard InChI is InChI=1S/C16H22BrN3O2/c1-2-15(21)18-10-12-4-3-9-20(11-12)16(22)19-14-7-5-13(17)6-8-14/h5-8,12H,2-4,9-11H2,1H3,(H,18,21)(H,19,22). The van der Waals surface area contributed by atoms with E-state index in [1.54, 1.807) is 0 Å². The van der Waals surface area contributed by atoms with E-state index in [1.807, 2.05) is 36.1 Å². The third kappa shape index (κ3) is 5.02. The maximum Gasteiger partial charge on any atom is 0.321 e. The van der Waals surface area contributed by atoms with Crippen LogP contribution in [0.4, 0.5) is 10.5 Å². The number of amides is 3. The number of hydrogen-bond donors (Lipinski definition) is 2. The Labute approximate surface area is 139 Å². The predicted octanol–water partition coefficient (Wildman–Crippen LogP) is 3.22. The van der Waals surface area contributed by atoms with Gasteiger partial charge in [-0.3, -0.25) is 4.79 Å². The van der Waals surface area contributed by atoms with Crippen LogP contribution in [0.5, 0.6) is 0 Å². The Morgan fingerprint density at radius 2 is 2.05 bits per heavy atom. The van der Waals surface area contributed by atoms with Crippen molar-refractivity contribution in [2.45, 2.75) is 26.2 Å². The lowest BCUT2D eigenvalue weighted by Crippen LogP contribution is -2.45. The number of halogens is 1. The molecule has 22 heavy (non-hydrogen) atoms. The number of likely N-dealkylation sites (tertiary alicyclic amines) is 1. The number of anilines is 1. The predicted molar refractivity (Wildman–Crippen MR) is 90.8 cm³/mol. The molecule has 0 saturated carbocycles. The number of hydrogen-bond acceptors (Lipinski definition) is 2. The number of carbonyl (C=O) groups is 2. The zero-order chi connectivity index (χ0) is 15.9. The summed E-state index contributed by atoms with van der Waals surface area (Å²) in [5, 5.41) is 5.83. The number of nitrogens with zero attached hydrogens (tertiary/aromatic N) is 1. The molecule has 0 bridgehead atoms. The molecule has 120 valence electrons. The highest BCUT2D eigenvalue weighted by Crippen LogP contribution is 2.18. The molecule has 1 fully saturated rings. The van der Waals surface area contributed by atoms with Crippen LogP contribution in [0.25, 0.3) is 0 Å². The fourth-order valence-corrected chi connectivity index (χ4v) is 2.80. The molecule has 1 aromatic carbocycles. The number of urea groups is 1. The van der Waals surface area contributed by atoms with Gasteiger partial charge in [-0.05, 0) is 43.0 Å². The van der Waals surface area contributed by atoms with Crippen molar-refractivity contribution in [3.05, 3.63) is 28.7 Å². The Morgan fingerprint density at radius 1 is 1.32 bits per heavy atom. The van der Waals surface area contributed by atoms with E-state index >= 15 is 0 Å². The minimum Gasteiger partial charge on any atom is -0.356 e. The smallest absolute Gasteiger partial charge is 0.321 e. The Bertz CT molecular complexity index is 519. The highest BCUT2D eigenvalue weighted by molar-refractivity contribution is 9.10. The van der Waals surface area contributed by atoms with Crippen molar-refractivity contribution in [1.82, 2.24) is 10.2 Å². The monoisotopic (exact) mass is 367 g/mol. The number of benzene rings is 1. The van der Waals surface area contributed by atoms with E-state index in [1.165, 1.54) is 0 Å². The number of carbonyl (C=O) groups excluding carboxylic acids is 2. The van der Waals surface area contributed by atoms with Crippen molar-refractivity contribution in [1.29, 1.82) is 0 Å². The van der Waals surface area contributed by atoms with Gasteiger partial charge in [0.05, 0.1) is 0 Å². The maximum absolute atomic E-state index is 12.3. The van der Waals surface area contributed by atoms with Crippen LogP contribution in [0, 0.1) is 5.92 Å². The molecule has 1 aliphatic rings. The van der Waals surface area contributed by atoms with E-state index in [9.17, 15) is 9.59 Å².